The average Bonchev–Trinajstić information content (AvgIpc) is 2.83. The highest BCUT2D eigenvalue weighted by Gasteiger charge is 2.28. The summed E-state index contributed by atoms with van der Waals surface area (Å²) in [5, 5.41) is 11.8. The topological polar surface area (TPSA) is 72.9 Å². The molecule has 2 atom stereocenters. The monoisotopic (exact) mass is 299 g/mol. The largest absolute Gasteiger partial charge is 0.481 e. The molecule has 1 aliphatic heterocycles. The Bertz CT molecular complexity index is 358. The van der Waals surface area contributed by atoms with Crippen LogP contribution in [0.15, 0.2) is 0 Å². The van der Waals surface area contributed by atoms with Crippen LogP contribution in [-0.2, 0) is 4.79 Å². The molecule has 0 aromatic rings. The molecule has 1 heterocycles. The van der Waals surface area contributed by atoms with E-state index in [2.05, 4.69) is 24.1 Å². The van der Waals surface area contributed by atoms with E-state index >= 15 is 0 Å². The van der Waals surface area contributed by atoms with E-state index in [-0.39, 0.29) is 18.5 Å². The third-order valence-electron chi connectivity index (χ3n) is 4.01. The minimum atomic E-state index is -0.760. The predicted molar refractivity (Wildman–Crippen MR) is 82.3 cm³/mol. The first kappa shape index (κ1) is 17.8. The molecule has 2 unspecified atom stereocenters. The number of urea groups is 1. The molecular weight excluding hydrogens is 270 g/mol. The van der Waals surface area contributed by atoms with Crippen molar-refractivity contribution in [3.63, 3.8) is 0 Å². The first-order chi connectivity index (χ1) is 9.79. The Morgan fingerprint density at radius 3 is 2.57 bits per heavy atom. The molecular formula is C15H29N3O3. The molecule has 0 spiro atoms. The highest BCUT2D eigenvalue weighted by Crippen LogP contribution is 2.21. The Labute approximate surface area is 127 Å². The van der Waals surface area contributed by atoms with Crippen molar-refractivity contribution in [2.75, 3.05) is 33.7 Å². The van der Waals surface area contributed by atoms with Crippen molar-refractivity contribution in [1.82, 2.24) is 15.1 Å². The minimum absolute atomic E-state index is 0.0200. The number of hydrogen-bond acceptors (Lipinski definition) is 3. The van der Waals surface area contributed by atoms with Gasteiger partial charge >= 0.3 is 12.0 Å². The van der Waals surface area contributed by atoms with Gasteiger partial charge in [-0.2, -0.15) is 0 Å². The van der Waals surface area contributed by atoms with Crippen molar-refractivity contribution < 1.29 is 14.7 Å². The number of nitrogens with zero attached hydrogens (tertiary/aromatic N) is 2. The summed E-state index contributed by atoms with van der Waals surface area (Å²) in [5.41, 5.74) is 0. The van der Waals surface area contributed by atoms with Gasteiger partial charge in [0.25, 0.3) is 0 Å². The second-order valence-corrected chi connectivity index (χ2v) is 6.60. The fourth-order valence-corrected chi connectivity index (χ4v) is 2.65. The van der Waals surface area contributed by atoms with Gasteiger partial charge in [0.1, 0.15) is 0 Å². The first-order valence-electron chi connectivity index (χ1n) is 7.71. The van der Waals surface area contributed by atoms with Crippen molar-refractivity contribution in [1.29, 1.82) is 0 Å². The summed E-state index contributed by atoms with van der Waals surface area (Å²) in [5.74, 6) is -0.0660. The van der Waals surface area contributed by atoms with Crippen molar-refractivity contribution in [3.8, 4) is 0 Å². The van der Waals surface area contributed by atoms with Crippen LogP contribution in [0.2, 0.25) is 0 Å². The highest BCUT2D eigenvalue weighted by molar-refractivity contribution is 5.75. The Kier molecular flexibility index (Phi) is 6.95. The summed E-state index contributed by atoms with van der Waals surface area (Å²) in [7, 11) is 4.00. The molecule has 0 bridgehead atoms. The van der Waals surface area contributed by atoms with Crippen molar-refractivity contribution in [2.24, 2.45) is 11.8 Å². The lowest BCUT2D eigenvalue weighted by Crippen LogP contribution is -2.49. The Hall–Kier alpha value is -1.30. The van der Waals surface area contributed by atoms with Crippen LogP contribution in [0.1, 0.15) is 33.1 Å². The molecule has 0 aromatic heterocycles. The molecule has 0 aromatic carbocycles. The number of nitrogens with one attached hydrogen (secondary N) is 1. The zero-order chi connectivity index (χ0) is 16.0. The summed E-state index contributed by atoms with van der Waals surface area (Å²) in [6.45, 7) is 6.43. The van der Waals surface area contributed by atoms with Crippen LogP contribution >= 0.6 is 0 Å². The van der Waals surface area contributed by atoms with E-state index in [0.717, 1.165) is 19.5 Å². The van der Waals surface area contributed by atoms with Gasteiger partial charge in [0.15, 0.2) is 0 Å². The summed E-state index contributed by atoms with van der Waals surface area (Å²) in [4.78, 5) is 26.8. The van der Waals surface area contributed by atoms with E-state index in [1.807, 2.05) is 19.0 Å². The van der Waals surface area contributed by atoms with Crippen molar-refractivity contribution >= 4 is 12.0 Å². The van der Waals surface area contributed by atoms with Gasteiger partial charge in [-0.15, -0.1) is 0 Å². The number of hydrogen-bond donors (Lipinski definition) is 2. The van der Waals surface area contributed by atoms with E-state index in [1.54, 1.807) is 0 Å². The van der Waals surface area contributed by atoms with E-state index < -0.39 is 5.97 Å². The third kappa shape index (κ3) is 6.33. The molecule has 1 saturated heterocycles. The number of carboxylic acid groups (broad SMARTS) is 1. The molecule has 6 nitrogen and oxygen atoms in total. The number of carboxylic acids is 1. The quantitative estimate of drug-likeness (QED) is 0.746. The van der Waals surface area contributed by atoms with Gasteiger partial charge in [-0.3, -0.25) is 4.79 Å². The maximum absolute atomic E-state index is 12.3. The molecule has 6 heteroatoms. The number of rotatable bonds is 7. The summed E-state index contributed by atoms with van der Waals surface area (Å²) in [6, 6.07) is 0.110. The number of likely N-dealkylation sites (N-methyl/N-ethyl adjacent to an activating group) is 1. The zero-order valence-corrected chi connectivity index (χ0v) is 13.6. The van der Waals surface area contributed by atoms with Gasteiger partial charge in [0.05, 0.1) is 0 Å². The summed E-state index contributed by atoms with van der Waals surface area (Å²) >= 11 is 0. The number of aliphatic carboxylic acids is 1. The maximum atomic E-state index is 12.3. The summed E-state index contributed by atoms with van der Waals surface area (Å²) in [6.07, 6.45) is 1.75. The lowest BCUT2D eigenvalue weighted by atomic mass is 10.0. The Morgan fingerprint density at radius 1 is 1.38 bits per heavy atom. The smallest absolute Gasteiger partial charge is 0.317 e. The van der Waals surface area contributed by atoms with Gasteiger partial charge in [0, 0.05) is 32.1 Å². The van der Waals surface area contributed by atoms with Crippen molar-refractivity contribution in [2.45, 2.75) is 39.2 Å². The lowest BCUT2D eigenvalue weighted by Gasteiger charge is -2.28. The molecule has 1 aliphatic rings. The summed E-state index contributed by atoms with van der Waals surface area (Å²) < 4.78 is 0. The van der Waals surface area contributed by atoms with E-state index in [4.69, 9.17) is 5.11 Å². The fourth-order valence-electron chi connectivity index (χ4n) is 2.65. The SMILES string of the molecule is CC(C)C(CN(C)C)NC(=O)N1CCC(CCC(=O)O)C1. The molecule has 2 N–H and O–H groups in total. The number of carbonyl (C=O) groups is 2. The Balaban J connectivity index is 2.43. The van der Waals surface area contributed by atoms with E-state index in [0.29, 0.717) is 24.8 Å². The van der Waals surface area contributed by atoms with Crippen LogP contribution in [-0.4, -0.2) is 66.7 Å². The fraction of sp³-hybridized carbons (Fsp3) is 0.867. The highest BCUT2D eigenvalue weighted by atomic mass is 16.4. The van der Waals surface area contributed by atoms with Crippen LogP contribution in [0.5, 0.6) is 0 Å². The molecule has 1 fully saturated rings. The zero-order valence-electron chi connectivity index (χ0n) is 13.6. The van der Waals surface area contributed by atoms with E-state index in [9.17, 15) is 9.59 Å². The third-order valence-corrected chi connectivity index (χ3v) is 4.01. The molecule has 1 rings (SSSR count). The van der Waals surface area contributed by atoms with Gasteiger partial charge in [0.2, 0.25) is 0 Å². The van der Waals surface area contributed by atoms with Gasteiger partial charge in [-0.25, -0.2) is 4.79 Å². The number of carbonyl (C=O) groups excluding carboxylic acids is 1. The molecule has 0 saturated carbocycles. The molecule has 21 heavy (non-hydrogen) atoms. The molecule has 0 aliphatic carbocycles. The molecule has 0 radical (unpaired) electrons. The first-order valence-corrected chi connectivity index (χ1v) is 7.71. The van der Waals surface area contributed by atoms with Gasteiger partial charge in [-0.1, -0.05) is 13.8 Å². The minimum Gasteiger partial charge on any atom is -0.481 e. The normalized spacial score (nSPS) is 20.1. The second kappa shape index (κ2) is 8.22. The predicted octanol–water partition coefficient (Wildman–Crippen LogP) is 1.47. The van der Waals surface area contributed by atoms with Crippen LogP contribution in [0.4, 0.5) is 4.79 Å². The van der Waals surface area contributed by atoms with Gasteiger partial charge < -0.3 is 20.2 Å². The number of likely N-dealkylation sites (tertiary alicyclic amines) is 1. The van der Waals surface area contributed by atoms with Crippen LogP contribution in [0, 0.1) is 11.8 Å². The van der Waals surface area contributed by atoms with Crippen LogP contribution in [0.3, 0.4) is 0 Å². The Morgan fingerprint density at radius 2 is 2.05 bits per heavy atom. The van der Waals surface area contributed by atoms with Crippen LogP contribution in [0.25, 0.3) is 0 Å². The standard InChI is InChI=1S/C15H29N3O3/c1-11(2)13(10-17(3)4)16-15(21)18-8-7-12(9-18)5-6-14(19)20/h11-13H,5-10H2,1-4H3,(H,16,21)(H,19,20). The molecule has 122 valence electrons. The maximum Gasteiger partial charge on any atom is 0.317 e. The molecule has 2 amide bonds. The lowest BCUT2D eigenvalue weighted by molar-refractivity contribution is -0.137. The van der Waals surface area contributed by atoms with Gasteiger partial charge in [-0.05, 0) is 38.8 Å². The number of amides is 2. The second-order valence-electron chi connectivity index (χ2n) is 6.60. The van der Waals surface area contributed by atoms with E-state index in [1.165, 1.54) is 0 Å². The average molecular weight is 299 g/mol. The van der Waals surface area contributed by atoms with Crippen LogP contribution < -0.4 is 5.32 Å². The van der Waals surface area contributed by atoms with Crippen molar-refractivity contribution in [3.05, 3.63) is 0 Å².